The first-order valence-corrected chi connectivity index (χ1v) is 8.17. The van der Waals surface area contributed by atoms with Crippen molar-refractivity contribution in [1.82, 2.24) is 10.2 Å². The van der Waals surface area contributed by atoms with Crippen LogP contribution >= 0.6 is 12.0 Å². The van der Waals surface area contributed by atoms with Crippen molar-refractivity contribution < 1.29 is 4.18 Å². The Bertz CT molecular complexity index is 596. The lowest BCUT2D eigenvalue weighted by molar-refractivity contribution is 0.490. The molecular weight excluding hydrogens is 280 g/mol. The monoisotopic (exact) mass is 302 g/mol. The summed E-state index contributed by atoms with van der Waals surface area (Å²) in [6.07, 6.45) is 2.93. The van der Waals surface area contributed by atoms with Crippen LogP contribution in [0.5, 0.6) is 0 Å². The second kappa shape index (κ2) is 7.57. The molecule has 1 heterocycles. The van der Waals surface area contributed by atoms with Crippen molar-refractivity contribution in [3.63, 3.8) is 0 Å². The normalized spacial score (nSPS) is 10.9. The molecule has 2 rings (SSSR count). The van der Waals surface area contributed by atoms with E-state index in [4.69, 9.17) is 4.18 Å². The molecule has 0 amide bonds. The van der Waals surface area contributed by atoms with E-state index in [9.17, 15) is 0 Å². The summed E-state index contributed by atoms with van der Waals surface area (Å²) < 4.78 is 5.07. The number of hydrogen-bond acceptors (Lipinski definition) is 4. The molecule has 0 saturated heterocycles. The number of nitrogens with zero attached hydrogens (tertiary/aromatic N) is 2. The van der Waals surface area contributed by atoms with Gasteiger partial charge in [-0.05, 0) is 42.5 Å². The summed E-state index contributed by atoms with van der Waals surface area (Å²) in [5.74, 6) is 0. The van der Waals surface area contributed by atoms with E-state index >= 15 is 0 Å². The van der Waals surface area contributed by atoms with E-state index < -0.39 is 0 Å². The van der Waals surface area contributed by atoms with Gasteiger partial charge in [-0.3, -0.25) is 0 Å². The van der Waals surface area contributed by atoms with Gasteiger partial charge in [0, 0.05) is 22.5 Å². The van der Waals surface area contributed by atoms with Crippen molar-refractivity contribution in [2.75, 3.05) is 7.11 Å². The van der Waals surface area contributed by atoms with Crippen LogP contribution in [0.15, 0.2) is 29.2 Å². The average Bonchev–Trinajstić information content (AvgIpc) is 2.54. The minimum atomic E-state index is 0.937. The number of hydrogen-bond donors (Lipinski definition) is 0. The Labute approximate surface area is 131 Å². The fourth-order valence-corrected chi connectivity index (χ4v) is 3.07. The summed E-state index contributed by atoms with van der Waals surface area (Å²) in [5, 5.41) is 8.92. The first-order chi connectivity index (χ1) is 10.2. The zero-order valence-corrected chi connectivity index (χ0v) is 14.0. The highest BCUT2D eigenvalue weighted by Crippen LogP contribution is 2.28. The fraction of sp³-hybridized carbons (Fsp3) is 0.412. The molecule has 0 radical (unpaired) electrons. The van der Waals surface area contributed by atoms with Crippen molar-refractivity contribution in [2.24, 2.45) is 0 Å². The van der Waals surface area contributed by atoms with Crippen LogP contribution in [0.1, 0.15) is 37.6 Å². The largest absolute Gasteiger partial charge is 0.314 e. The molecule has 0 aliphatic carbocycles. The van der Waals surface area contributed by atoms with Gasteiger partial charge in [0.2, 0.25) is 0 Å². The molecule has 0 spiro atoms. The smallest absolute Gasteiger partial charge is 0.0964 e. The van der Waals surface area contributed by atoms with E-state index in [2.05, 4.69) is 55.2 Å². The fourth-order valence-electron chi connectivity index (χ4n) is 2.63. The number of benzene rings is 1. The quantitative estimate of drug-likeness (QED) is 0.737. The number of aromatic nitrogens is 2. The first-order valence-electron chi connectivity index (χ1n) is 7.43. The van der Waals surface area contributed by atoms with E-state index in [0.29, 0.717) is 0 Å². The van der Waals surface area contributed by atoms with Gasteiger partial charge < -0.3 is 4.18 Å². The molecule has 1 aromatic heterocycles. The number of aryl methyl sites for hydroxylation is 1. The topological polar surface area (TPSA) is 35.0 Å². The van der Waals surface area contributed by atoms with Crippen LogP contribution in [0.2, 0.25) is 0 Å². The summed E-state index contributed by atoms with van der Waals surface area (Å²) in [4.78, 5) is 1.09. The predicted octanol–water partition coefficient (Wildman–Crippen LogP) is 4.48. The molecule has 0 aliphatic rings. The van der Waals surface area contributed by atoms with E-state index in [-0.39, 0.29) is 0 Å². The van der Waals surface area contributed by atoms with Crippen molar-refractivity contribution in [2.45, 2.75) is 44.9 Å². The van der Waals surface area contributed by atoms with Crippen molar-refractivity contribution in [3.8, 4) is 11.3 Å². The lowest BCUT2D eigenvalue weighted by atomic mass is 9.96. The third-order valence-electron chi connectivity index (χ3n) is 3.62. The van der Waals surface area contributed by atoms with Crippen LogP contribution in [0.25, 0.3) is 11.3 Å². The zero-order chi connectivity index (χ0) is 15.2. The Balaban J connectivity index is 2.47. The third-order valence-corrected chi connectivity index (χ3v) is 4.25. The van der Waals surface area contributed by atoms with Crippen LogP contribution in [-0.2, 0) is 23.4 Å². The summed E-state index contributed by atoms with van der Waals surface area (Å²) in [5.41, 5.74) is 5.96. The van der Waals surface area contributed by atoms with Gasteiger partial charge in [-0.15, -0.1) is 5.10 Å². The van der Waals surface area contributed by atoms with Crippen LogP contribution in [0, 0.1) is 0 Å². The maximum atomic E-state index is 5.07. The Morgan fingerprint density at radius 3 is 2.10 bits per heavy atom. The third kappa shape index (κ3) is 3.44. The Hall–Kier alpha value is -1.39. The summed E-state index contributed by atoms with van der Waals surface area (Å²) >= 11 is 1.37. The maximum absolute atomic E-state index is 5.07. The summed E-state index contributed by atoms with van der Waals surface area (Å²) in [6, 6.07) is 8.30. The molecular formula is C17H22N2OS. The molecule has 0 unspecified atom stereocenters. The summed E-state index contributed by atoms with van der Waals surface area (Å²) in [7, 11) is 1.68. The van der Waals surface area contributed by atoms with Gasteiger partial charge in [-0.25, -0.2) is 0 Å². The highest BCUT2D eigenvalue weighted by atomic mass is 32.2. The molecule has 0 saturated carbocycles. The van der Waals surface area contributed by atoms with E-state index in [0.717, 1.165) is 41.1 Å². The van der Waals surface area contributed by atoms with E-state index in [1.54, 1.807) is 7.11 Å². The van der Waals surface area contributed by atoms with Gasteiger partial charge in [-0.2, -0.15) is 5.10 Å². The van der Waals surface area contributed by atoms with Gasteiger partial charge in [0.05, 0.1) is 18.5 Å². The Morgan fingerprint density at radius 1 is 0.905 bits per heavy atom. The SMILES string of the molecule is CCc1nnc(-c2ccc(SOC)cc2)c(CC)c1CC. The molecule has 3 nitrogen and oxygen atoms in total. The van der Waals surface area contributed by atoms with Crippen LogP contribution in [0.4, 0.5) is 0 Å². The lowest BCUT2D eigenvalue weighted by Gasteiger charge is -2.14. The van der Waals surface area contributed by atoms with Crippen LogP contribution in [0.3, 0.4) is 0 Å². The molecule has 0 N–H and O–H groups in total. The maximum Gasteiger partial charge on any atom is 0.0964 e. The predicted molar refractivity (Wildman–Crippen MR) is 88.5 cm³/mol. The van der Waals surface area contributed by atoms with Crippen molar-refractivity contribution in [3.05, 3.63) is 41.1 Å². The highest BCUT2D eigenvalue weighted by Gasteiger charge is 2.14. The molecule has 0 aliphatic heterocycles. The van der Waals surface area contributed by atoms with E-state index in [1.807, 2.05) is 0 Å². The molecule has 2 aromatic rings. The molecule has 0 bridgehead atoms. The average molecular weight is 302 g/mol. The summed E-state index contributed by atoms with van der Waals surface area (Å²) in [6.45, 7) is 6.52. The minimum Gasteiger partial charge on any atom is -0.314 e. The van der Waals surface area contributed by atoms with E-state index in [1.165, 1.54) is 23.2 Å². The molecule has 21 heavy (non-hydrogen) atoms. The van der Waals surface area contributed by atoms with Crippen LogP contribution in [-0.4, -0.2) is 17.3 Å². The van der Waals surface area contributed by atoms with Crippen molar-refractivity contribution >= 4 is 12.0 Å². The van der Waals surface area contributed by atoms with Gasteiger partial charge in [0.25, 0.3) is 0 Å². The zero-order valence-electron chi connectivity index (χ0n) is 13.1. The van der Waals surface area contributed by atoms with Crippen molar-refractivity contribution in [1.29, 1.82) is 0 Å². The molecule has 0 atom stereocenters. The molecule has 112 valence electrons. The molecule has 1 aromatic carbocycles. The highest BCUT2D eigenvalue weighted by molar-refractivity contribution is 7.94. The Morgan fingerprint density at radius 2 is 1.57 bits per heavy atom. The lowest BCUT2D eigenvalue weighted by Crippen LogP contribution is -2.06. The van der Waals surface area contributed by atoms with Gasteiger partial charge in [0.1, 0.15) is 0 Å². The molecule has 0 fully saturated rings. The standard InChI is InChI=1S/C17H22N2OS/c1-5-14-15(6-2)17(19-18-16(14)7-3)12-8-10-13(11-9-12)21-20-4/h8-11H,5-7H2,1-4H3. The Kier molecular flexibility index (Phi) is 5.76. The molecule has 4 heteroatoms. The first kappa shape index (κ1) is 16.0. The number of rotatable bonds is 6. The van der Waals surface area contributed by atoms with Crippen LogP contribution < -0.4 is 0 Å². The second-order valence-electron chi connectivity index (χ2n) is 4.79. The second-order valence-corrected chi connectivity index (χ2v) is 5.76. The van der Waals surface area contributed by atoms with Gasteiger partial charge in [0.15, 0.2) is 0 Å². The van der Waals surface area contributed by atoms with Gasteiger partial charge >= 0.3 is 0 Å². The van der Waals surface area contributed by atoms with Gasteiger partial charge in [-0.1, -0.05) is 32.9 Å². The minimum absolute atomic E-state index is 0.937.